The van der Waals surface area contributed by atoms with Crippen LogP contribution in [0.15, 0.2) is 39.0 Å². The first kappa shape index (κ1) is 13.6. The van der Waals surface area contributed by atoms with E-state index in [1.807, 2.05) is 0 Å². The zero-order valence-electron chi connectivity index (χ0n) is 10.7. The van der Waals surface area contributed by atoms with Crippen LogP contribution in [0, 0.1) is 10.1 Å². The van der Waals surface area contributed by atoms with Crippen molar-refractivity contribution in [3.63, 3.8) is 0 Å². The third-order valence-electron chi connectivity index (χ3n) is 3.13. The molecule has 0 radical (unpaired) electrons. The molecule has 1 aromatic heterocycles. The number of nitrogens with zero attached hydrogens (tertiary/aromatic N) is 3. The van der Waals surface area contributed by atoms with Gasteiger partial charge in [-0.25, -0.2) is 9.36 Å². The smallest absolute Gasteiger partial charge is 0.368 e. The molecule has 1 aromatic carbocycles. The number of aromatic nitrogens is 2. The average Bonchev–Trinajstić information content (AvgIpc) is 2.87. The highest BCUT2D eigenvalue weighted by Gasteiger charge is 2.41. The van der Waals surface area contributed by atoms with Gasteiger partial charge in [0.25, 0.3) is 5.69 Å². The van der Waals surface area contributed by atoms with Crippen LogP contribution in [0.1, 0.15) is 18.3 Å². The van der Waals surface area contributed by atoms with E-state index in [1.165, 1.54) is 24.3 Å². The summed E-state index contributed by atoms with van der Waals surface area (Å²) in [5.74, 6) is -0.661. The number of allylic oxidation sites excluding steroid dienone is 1. The molecule has 0 aliphatic carbocycles. The number of aliphatic hydroxyl groups is 1. The summed E-state index contributed by atoms with van der Waals surface area (Å²) in [6, 6.07) is 5.40. The van der Waals surface area contributed by atoms with E-state index in [2.05, 4.69) is 9.68 Å². The molecule has 21 heavy (non-hydrogen) atoms. The summed E-state index contributed by atoms with van der Waals surface area (Å²) in [6.45, 7) is 1.69. The van der Waals surface area contributed by atoms with Crippen LogP contribution in [-0.4, -0.2) is 19.8 Å². The first-order valence-corrected chi connectivity index (χ1v) is 6.73. The monoisotopic (exact) mass is 307 g/mol. The Balaban J connectivity index is 2.13. The van der Waals surface area contributed by atoms with Gasteiger partial charge in [0.2, 0.25) is 10.8 Å². The molecule has 0 unspecified atom stereocenters. The van der Waals surface area contributed by atoms with Crippen LogP contribution in [-0.2, 0) is 4.93 Å². The minimum absolute atomic E-state index is 0.0337. The van der Waals surface area contributed by atoms with Crippen LogP contribution in [0.5, 0.6) is 0 Å². The number of rotatable bonds is 2. The van der Waals surface area contributed by atoms with E-state index in [-0.39, 0.29) is 11.5 Å². The number of fused-ring (bicyclic) bond motifs is 1. The normalized spacial score (nSPS) is 20.8. The van der Waals surface area contributed by atoms with Crippen LogP contribution in [0.2, 0.25) is 0 Å². The molecule has 2 heterocycles. The summed E-state index contributed by atoms with van der Waals surface area (Å²) in [6.07, 6.45) is 0. The van der Waals surface area contributed by atoms with E-state index in [4.69, 9.17) is 0 Å². The van der Waals surface area contributed by atoms with Gasteiger partial charge in [0.1, 0.15) is 0 Å². The third-order valence-corrected chi connectivity index (χ3v) is 4.35. The Hall–Kier alpha value is -2.39. The van der Waals surface area contributed by atoms with Crippen molar-refractivity contribution in [1.82, 2.24) is 9.72 Å². The second-order valence-corrected chi connectivity index (χ2v) is 5.49. The molecular weight excluding hydrogens is 298 g/mol. The van der Waals surface area contributed by atoms with Crippen LogP contribution < -0.4 is 5.76 Å². The van der Waals surface area contributed by atoms with Crippen molar-refractivity contribution < 1.29 is 14.6 Å². The molecule has 0 saturated heterocycles. The standard InChI is InChI=1S/C12H9N3O5S/c1-7-6-21-12(17,10-13-20-11(16)14(7)10)8-2-4-9(5-3-8)15(18)19/h2-6,17H,1H3/t12-/m0/s1. The van der Waals surface area contributed by atoms with E-state index in [1.54, 1.807) is 12.3 Å². The van der Waals surface area contributed by atoms with E-state index < -0.39 is 15.6 Å². The van der Waals surface area contributed by atoms with Gasteiger partial charge >= 0.3 is 5.76 Å². The first-order valence-electron chi connectivity index (χ1n) is 5.85. The number of hydrogen-bond acceptors (Lipinski definition) is 7. The quantitative estimate of drug-likeness (QED) is 0.661. The maximum absolute atomic E-state index is 11.6. The molecule has 1 aliphatic heterocycles. The van der Waals surface area contributed by atoms with Gasteiger partial charge in [-0.1, -0.05) is 16.9 Å². The van der Waals surface area contributed by atoms with E-state index in [9.17, 15) is 20.0 Å². The number of nitro benzene ring substituents is 1. The van der Waals surface area contributed by atoms with Crippen molar-refractivity contribution in [2.45, 2.75) is 11.9 Å². The fourth-order valence-corrected chi connectivity index (χ4v) is 3.01. The number of nitro groups is 1. The van der Waals surface area contributed by atoms with Crippen molar-refractivity contribution in [2.24, 2.45) is 0 Å². The maximum Gasteiger partial charge on any atom is 0.446 e. The van der Waals surface area contributed by atoms with Crippen LogP contribution in [0.4, 0.5) is 5.69 Å². The van der Waals surface area contributed by atoms with Gasteiger partial charge in [0.15, 0.2) is 0 Å². The number of benzene rings is 1. The van der Waals surface area contributed by atoms with Gasteiger partial charge in [-0.3, -0.25) is 14.6 Å². The number of hydrogen-bond donors (Lipinski definition) is 1. The molecule has 1 atom stereocenters. The maximum atomic E-state index is 11.6. The van der Waals surface area contributed by atoms with Crippen LogP contribution >= 0.6 is 11.8 Å². The van der Waals surface area contributed by atoms with E-state index >= 15 is 0 Å². The average molecular weight is 307 g/mol. The van der Waals surface area contributed by atoms with Crippen molar-refractivity contribution >= 4 is 23.1 Å². The molecule has 0 saturated carbocycles. The SMILES string of the molecule is CC1=CS[C@@](O)(c2ccc([N+](=O)[O-])cc2)c2noc(=O)n21. The Morgan fingerprint density at radius 1 is 1.43 bits per heavy atom. The lowest BCUT2D eigenvalue weighted by atomic mass is 10.1. The van der Waals surface area contributed by atoms with Gasteiger partial charge in [-0.15, -0.1) is 0 Å². The van der Waals surface area contributed by atoms with E-state index in [0.29, 0.717) is 11.3 Å². The molecule has 0 amide bonds. The second-order valence-electron chi connectivity index (χ2n) is 4.43. The predicted molar refractivity (Wildman–Crippen MR) is 74.4 cm³/mol. The molecule has 8 nitrogen and oxygen atoms in total. The minimum Gasteiger partial charge on any atom is -0.368 e. The Morgan fingerprint density at radius 3 is 2.71 bits per heavy atom. The first-order chi connectivity index (χ1) is 9.93. The topological polar surface area (TPSA) is 111 Å². The van der Waals surface area contributed by atoms with Crippen molar-refractivity contribution in [2.75, 3.05) is 0 Å². The van der Waals surface area contributed by atoms with Crippen molar-refractivity contribution in [1.29, 1.82) is 0 Å². The molecule has 0 fully saturated rings. The molecular formula is C12H9N3O5S. The molecule has 1 aliphatic rings. The number of non-ortho nitro benzene ring substituents is 1. The molecule has 0 bridgehead atoms. The lowest BCUT2D eigenvalue weighted by Crippen LogP contribution is -2.32. The molecule has 108 valence electrons. The molecule has 3 rings (SSSR count). The summed E-state index contributed by atoms with van der Waals surface area (Å²) in [5, 5.41) is 26.7. The molecule has 9 heteroatoms. The summed E-state index contributed by atoms with van der Waals surface area (Å²) in [7, 11) is 0. The number of thioether (sulfide) groups is 1. The van der Waals surface area contributed by atoms with Crippen molar-refractivity contribution in [3.8, 4) is 0 Å². The fraction of sp³-hybridized carbons (Fsp3) is 0.167. The largest absolute Gasteiger partial charge is 0.446 e. The van der Waals surface area contributed by atoms with Crippen LogP contribution in [0.25, 0.3) is 5.70 Å². The summed E-state index contributed by atoms with van der Waals surface area (Å²) >= 11 is 1.04. The van der Waals surface area contributed by atoms with Gasteiger partial charge < -0.3 is 5.11 Å². The van der Waals surface area contributed by atoms with Gasteiger partial charge in [0.05, 0.1) is 4.92 Å². The summed E-state index contributed by atoms with van der Waals surface area (Å²) in [4.78, 5) is 20.1. The Kier molecular flexibility index (Phi) is 2.96. The lowest BCUT2D eigenvalue weighted by molar-refractivity contribution is -0.384. The zero-order valence-corrected chi connectivity index (χ0v) is 11.5. The van der Waals surface area contributed by atoms with Gasteiger partial charge in [-0.05, 0) is 24.5 Å². The van der Waals surface area contributed by atoms with Crippen LogP contribution in [0.3, 0.4) is 0 Å². The third kappa shape index (κ3) is 1.98. The molecule has 0 spiro atoms. The summed E-state index contributed by atoms with van der Waals surface area (Å²) in [5.41, 5.74) is 0.851. The van der Waals surface area contributed by atoms with E-state index in [0.717, 1.165) is 16.3 Å². The Bertz CT molecular complexity index is 807. The highest BCUT2D eigenvalue weighted by molar-refractivity contribution is 8.03. The minimum atomic E-state index is -1.64. The highest BCUT2D eigenvalue weighted by Crippen LogP contribution is 2.44. The second kappa shape index (κ2) is 4.57. The Morgan fingerprint density at radius 2 is 2.10 bits per heavy atom. The summed E-state index contributed by atoms with van der Waals surface area (Å²) < 4.78 is 5.77. The fourth-order valence-electron chi connectivity index (χ4n) is 2.06. The van der Waals surface area contributed by atoms with Crippen molar-refractivity contribution in [3.05, 3.63) is 61.7 Å². The zero-order chi connectivity index (χ0) is 15.2. The van der Waals surface area contributed by atoms with Gasteiger partial charge in [-0.2, -0.15) is 0 Å². The highest BCUT2D eigenvalue weighted by atomic mass is 32.2. The molecule has 1 N–H and O–H groups in total. The molecule has 2 aromatic rings. The Labute approximate surface area is 121 Å². The lowest BCUT2D eigenvalue weighted by Gasteiger charge is -2.28. The predicted octanol–water partition coefficient (Wildman–Crippen LogP) is 1.50. The van der Waals surface area contributed by atoms with Gasteiger partial charge in [0, 0.05) is 23.4 Å².